The van der Waals surface area contributed by atoms with E-state index in [-0.39, 0.29) is 29.5 Å². The van der Waals surface area contributed by atoms with Crippen LogP contribution in [0.1, 0.15) is 37.8 Å². The molecule has 0 saturated carbocycles. The van der Waals surface area contributed by atoms with Gasteiger partial charge in [-0.05, 0) is 44.5 Å². The fourth-order valence-corrected chi connectivity index (χ4v) is 3.35. The Morgan fingerprint density at radius 2 is 2.00 bits per heavy atom. The summed E-state index contributed by atoms with van der Waals surface area (Å²) in [5, 5.41) is 17.8. The van der Waals surface area contributed by atoms with Gasteiger partial charge in [-0.15, -0.1) is 10.2 Å². The van der Waals surface area contributed by atoms with Crippen LogP contribution in [0.5, 0.6) is 5.75 Å². The number of nitrogens with two attached hydrogens (primary N) is 1. The molecule has 1 aromatic heterocycles. The lowest BCUT2D eigenvalue weighted by molar-refractivity contribution is -0.138. The first kappa shape index (κ1) is 23.1. The third kappa shape index (κ3) is 5.88. The van der Waals surface area contributed by atoms with Gasteiger partial charge in [0.15, 0.2) is 0 Å². The third-order valence-electron chi connectivity index (χ3n) is 4.17. The molecule has 0 aliphatic carbocycles. The van der Waals surface area contributed by atoms with Gasteiger partial charge in [0.1, 0.15) is 15.8 Å². The predicted molar refractivity (Wildman–Crippen MR) is 108 cm³/mol. The predicted octanol–water partition coefficient (Wildman–Crippen LogP) is 4.68. The Hall–Kier alpha value is -2.23. The van der Waals surface area contributed by atoms with Gasteiger partial charge in [0.2, 0.25) is 0 Å². The normalized spacial score (nSPS) is 15.0. The van der Waals surface area contributed by atoms with Crippen molar-refractivity contribution < 1.29 is 23.0 Å². The second-order valence-corrected chi connectivity index (χ2v) is 7.64. The number of nitrogens with zero attached hydrogens (tertiary/aromatic N) is 2. The molecule has 0 saturated heterocycles. The minimum Gasteiger partial charge on any atom is -0.493 e. The van der Waals surface area contributed by atoms with Crippen molar-refractivity contribution in [1.29, 1.82) is 0 Å². The van der Waals surface area contributed by atoms with Crippen LogP contribution in [0, 0.1) is 0 Å². The summed E-state index contributed by atoms with van der Waals surface area (Å²) in [5.41, 5.74) is 5.16. The van der Waals surface area contributed by atoms with Crippen molar-refractivity contribution in [3.8, 4) is 16.3 Å². The number of alkyl halides is 3. The first-order valence-electron chi connectivity index (χ1n) is 8.98. The van der Waals surface area contributed by atoms with Crippen LogP contribution < -0.4 is 10.5 Å². The molecule has 5 nitrogen and oxygen atoms in total. The van der Waals surface area contributed by atoms with Gasteiger partial charge >= 0.3 is 6.18 Å². The smallest absolute Gasteiger partial charge is 0.419 e. The molecule has 1 heterocycles. The number of ether oxygens (including phenoxy) is 1. The number of halogens is 3. The highest BCUT2D eigenvalue weighted by molar-refractivity contribution is 7.14. The van der Waals surface area contributed by atoms with Gasteiger partial charge in [-0.3, -0.25) is 0 Å². The van der Waals surface area contributed by atoms with Crippen molar-refractivity contribution in [2.75, 3.05) is 13.2 Å². The standard InChI is InChI=1S/C20H24F3N3O2S/c1-4-6-13(5-2)9-10-28-16-8-7-14(11-15(16)20(21,22)23)17-25-26-18(29-17)19(3,24)12-27/h4-8,11,27H,9-10,12,24H2,1-3H3/b6-4-,13-5+/t19-/m0/s1. The van der Waals surface area contributed by atoms with Gasteiger partial charge in [-0.1, -0.05) is 29.6 Å². The van der Waals surface area contributed by atoms with E-state index < -0.39 is 17.3 Å². The number of benzene rings is 1. The molecule has 0 bridgehead atoms. The molecular formula is C20H24F3N3O2S. The fraction of sp³-hybridized carbons (Fsp3) is 0.400. The number of hydrogen-bond acceptors (Lipinski definition) is 6. The highest BCUT2D eigenvalue weighted by Crippen LogP contribution is 2.39. The van der Waals surface area contributed by atoms with Crippen LogP contribution >= 0.6 is 11.3 Å². The lowest BCUT2D eigenvalue weighted by Crippen LogP contribution is -2.36. The van der Waals surface area contributed by atoms with E-state index in [4.69, 9.17) is 10.5 Å². The molecule has 0 unspecified atom stereocenters. The molecule has 9 heteroatoms. The van der Waals surface area contributed by atoms with E-state index in [1.54, 1.807) is 6.92 Å². The first-order chi connectivity index (χ1) is 13.6. The molecule has 0 radical (unpaired) electrons. The number of hydrogen-bond donors (Lipinski definition) is 2. The van der Waals surface area contributed by atoms with E-state index in [0.717, 1.165) is 23.0 Å². The monoisotopic (exact) mass is 427 g/mol. The van der Waals surface area contributed by atoms with Crippen LogP contribution in [0.3, 0.4) is 0 Å². The van der Waals surface area contributed by atoms with Gasteiger partial charge in [0, 0.05) is 12.0 Å². The Bertz CT molecular complexity index is 889. The Labute approximate surface area is 171 Å². The van der Waals surface area contributed by atoms with Gasteiger partial charge in [0.05, 0.1) is 24.3 Å². The fourth-order valence-electron chi connectivity index (χ4n) is 2.47. The maximum absolute atomic E-state index is 13.6. The minimum atomic E-state index is -4.58. The number of aromatic nitrogens is 2. The Kier molecular flexibility index (Phi) is 7.56. The largest absolute Gasteiger partial charge is 0.493 e. The summed E-state index contributed by atoms with van der Waals surface area (Å²) < 4.78 is 46.2. The summed E-state index contributed by atoms with van der Waals surface area (Å²) in [5.74, 6) is -0.235. The van der Waals surface area contributed by atoms with Crippen LogP contribution in [0.2, 0.25) is 0 Å². The topological polar surface area (TPSA) is 81.3 Å². The van der Waals surface area contributed by atoms with Gasteiger partial charge < -0.3 is 15.6 Å². The molecule has 3 N–H and O–H groups in total. The Morgan fingerprint density at radius 3 is 2.59 bits per heavy atom. The number of aliphatic hydroxyl groups is 1. The molecule has 0 aliphatic heterocycles. The van der Waals surface area contributed by atoms with Crippen molar-refractivity contribution in [3.63, 3.8) is 0 Å². The average Bonchev–Trinajstić information content (AvgIpc) is 3.17. The van der Waals surface area contributed by atoms with Gasteiger partial charge in [0.25, 0.3) is 0 Å². The quantitative estimate of drug-likeness (QED) is 0.598. The Morgan fingerprint density at radius 1 is 1.28 bits per heavy atom. The first-order valence-corrected chi connectivity index (χ1v) is 9.80. The van der Waals surface area contributed by atoms with Crippen LogP contribution in [-0.4, -0.2) is 28.5 Å². The van der Waals surface area contributed by atoms with Gasteiger partial charge in [-0.25, -0.2) is 0 Å². The number of rotatable bonds is 8. The zero-order valence-corrected chi connectivity index (χ0v) is 17.3. The lowest BCUT2D eigenvalue weighted by Gasteiger charge is -2.17. The summed E-state index contributed by atoms with van der Waals surface area (Å²) >= 11 is 1.04. The molecule has 0 spiro atoms. The van der Waals surface area contributed by atoms with Crippen molar-refractivity contribution >= 4 is 11.3 Å². The van der Waals surface area contributed by atoms with E-state index in [1.165, 1.54) is 12.1 Å². The highest BCUT2D eigenvalue weighted by atomic mass is 32.1. The minimum absolute atomic E-state index is 0.122. The Balaban J connectivity index is 2.28. The maximum Gasteiger partial charge on any atom is 0.419 e. The number of allylic oxidation sites excluding steroid dienone is 3. The van der Waals surface area contributed by atoms with Gasteiger partial charge in [-0.2, -0.15) is 13.2 Å². The summed E-state index contributed by atoms with van der Waals surface area (Å²) in [6, 6.07) is 3.79. The SMILES string of the molecule is C/C=C\C(=C/C)CCOc1ccc(-c2nnc([C@@](C)(N)CO)s2)cc1C(F)(F)F. The maximum atomic E-state index is 13.6. The zero-order valence-electron chi connectivity index (χ0n) is 16.5. The molecule has 2 aromatic rings. The molecule has 1 aromatic carbocycles. The third-order valence-corrected chi connectivity index (χ3v) is 5.43. The van der Waals surface area contributed by atoms with E-state index in [1.807, 2.05) is 32.1 Å². The van der Waals surface area contributed by atoms with Crippen LogP contribution in [0.4, 0.5) is 13.2 Å². The number of aliphatic hydroxyl groups excluding tert-OH is 1. The second kappa shape index (κ2) is 9.51. The van der Waals surface area contributed by atoms with Crippen LogP contribution in [-0.2, 0) is 11.7 Å². The summed E-state index contributed by atoms with van der Waals surface area (Å²) in [7, 11) is 0. The average molecular weight is 427 g/mol. The summed E-state index contributed by atoms with van der Waals surface area (Å²) in [4.78, 5) is 0. The van der Waals surface area contributed by atoms with E-state index >= 15 is 0 Å². The highest BCUT2D eigenvalue weighted by Gasteiger charge is 2.35. The van der Waals surface area contributed by atoms with Crippen LogP contribution in [0.15, 0.2) is 42.0 Å². The van der Waals surface area contributed by atoms with E-state index in [2.05, 4.69) is 10.2 Å². The van der Waals surface area contributed by atoms with E-state index in [0.29, 0.717) is 11.4 Å². The van der Waals surface area contributed by atoms with E-state index in [9.17, 15) is 18.3 Å². The molecule has 1 atom stereocenters. The molecule has 0 aliphatic rings. The molecule has 2 rings (SSSR count). The summed E-state index contributed by atoms with van der Waals surface area (Å²) in [6.45, 7) is 5.07. The van der Waals surface area contributed by atoms with Crippen molar-refractivity contribution in [3.05, 3.63) is 52.6 Å². The zero-order chi connectivity index (χ0) is 21.7. The molecule has 0 fully saturated rings. The van der Waals surface area contributed by atoms with Crippen LogP contribution in [0.25, 0.3) is 10.6 Å². The molecule has 0 amide bonds. The summed E-state index contributed by atoms with van der Waals surface area (Å²) in [6.07, 6.45) is 1.56. The molecule has 158 valence electrons. The van der Waals surface area contributed by atoms with Crippen molar-refractivity contribution in [2.24, 2.45) is 5.73 Å². The second-order valence-electron chi connectivity index (χ2n) is 6.66. The van der Waals surface area contributed by atoms with Crippen molar-refractivity contribution in [2.45, 2.75) is 38.9 Å². The molecule has 29 heavy (non-hydrogen) atoms. The van der Waals surface area contributed by atoms with Crippen molar-refractivity contribution in [1.82, 2.24) is 10.2 Å². The lowest BCUT2D eigenvalue weighted by atomic mass is 10.1. The molecular weight excluding hydrogens is 403 g/mol.